The Balaban J connectivity index is 1.45. The third kappa shape index (κ3) is 4.54. The van der Waals surface area contributed by atoms with Crippen molar-refractivity contribution in [3.8, 4) is 5.75 Å². The first-order valence-corrected chi connectivity index (χ1v) is 12.6. The fourth-order valence-corrected chi connectivity index (χ4v) is 5.56. The molecule has 1 aliphatic carbocycles. The monoisotopic (exact) mass is 518 g/mol. The molecule has 8 heteroatoms. The van der Waals surface area contributed by atoms with E-state index in [0.717, 1.165) is 58.6 Å². The van der Waals surface area contributed by atoms with Gasteiger partial charge in [0, 0.05) is 50.0 Å². The van der Waals surface area contributed by atoms with E-state index in [1.807, 2.05) is 33.8 Å². The summed E-state index contributed by atoms with van der Waals surface area (Å²) in [6.07, 6.45) is 8.68. The number of halogens is 3. The molecule has 0 radical (unpaired) electrons. The van der Waals surface area contributed by atoms with Gasteiger partial charge in [0.05, 0.1) is 17.8 Å². The smallest absolute Gasteiger partial charge is 0.272 e. The Bertz CT molecular complexity index is 1560. The Morgan fingerprint density at radius 3 is 2.73 bits per heavy atom. The average molecular weight is 519 g/mol. The number of pyridine rings is 2. The lowest BCUT2D eigenvalue weighted by molar-refractivity contribution is 0.219. The summed E-state index contributed by atoms with van der Waals surface area (Å²) in [5.41, 5.74) is 8.62. The molecule has 0 N–H and O–H groups in total. The summed E-state index contributed by atoms with van der Waals surface area (Å²) in [6, 6.07) is 12.4. The van der Waals surface area contributed by atoms with Gasteiger partial charge in [0.15, 0.2) is 0 Å². The van der Waals surface area contributed by atoms with Crippen LogP contribution in [0.5, 0.6) is 5.75 Å². The standard InChI is InChI=1S/C29H25ClF2N4O/c1-37-22-5-6-23-18(11-22)3-2-4-25(24-7-9-33-13-26(24)30)28(23)19-8-10-36-17-21(34-27(36)12-19)16-35-14-20(15-35)29(31)32/h5-13,17H,2-4,14-16H2,1H3. The van der Waals surface area contributed by atoms with Crippen LogP contribution in [0, 0.1) is 0 Å². The van der Waals surface area contributed by atoms with E-state index in [2.05, 4.69) is 29.2 Å². The number of aryl methyl sites for hydroxylation is 1. The second kappa shape index (κ2) is 9.72. The molecule has 3 aromatic heterocycles. The SMILES string of the molecule is COc1ccc2c(c1)CCCC(c1ccncc1Cl)=C2c1ccn2cc(CN3CC(=C(F)F)C3)nc2c1. The highest BCUT2D eigenvalue weighted by atomic mass is 35.5. The van der Waals surface area contributed by atoms with Crippen LogP contribution in [0.25, 0.3) is 16.8 Å². The minimum absolute atomic E-state index is 0.212. The van der Waals surface area contributed by atoms with Gasteiger partial charge in [-0.2, -0.15) is 8.78 Å². The van der Waals surface area contributed by atoms with Crippen molar-refractivity contribution in [1.29, 1.82) is 0 Å². The second-order valence-electron chi connectivity index (χ2n) is 9.51. The zero-order valence-electron chi connectivity index (χ0n) is 20.3. The van der Waals surface area contributed by atoms with Gasteiger partial charge in [-0.3, -0.25) is 9.88 Å². The molecule has 5 nitrogen and oxygen atoms in total. The molecule has 0 unspecified atom stereocenters. The number of likely N-dealkylation sites (tertiary alicyclic amines) is 1. The molecule has 2 aliphatic rings. The van der Waals surface area contributed by atoms with Crippen LogP contribution in [-0.4, -0.2) is 39.5 Å². The molecule has 4 heterocycles. The number of hydrogen-bond donors (Lipinski definition) is 0. The molecule has 0 amide bonds. The van der Waals surface area contributed by atoms with Crippen LogP contribution >= 0.6 is 11.6 Å². The van der Waals surface area contributed by atoms with E-state index in [0.29, 0.717) is 24.7 Å². The van der Waals surface area contributed by atoms with Crippen molar-refractivity contribution in [3.63, 3.8) is 0 Å². The molecule has 188 valence electrons. The highest BCUT2D eigenvalue weighted by Crippen LogP contribution is 2.42. The Labute approximate surface area is 218 Å². The minimum atomic E-state index is -1.56. The fourth-order valence-electron chi connectivity index (χ4n) is 5.33. The summed E-state index contributed by atoms with van der Waals surface area (Å²) in [4.78, 5) is 11.0. The van der Waals surface area contributed by atoms with E-state index in [-0.39, 0.29) is 5.57 Å². The first-order chi connectivity index (χ1) is 18.0. The molecule has 1 fully saturated rings. The van der Waals surface area contributed by atoms with Gasteiger partial charge in [-0.15, -0.1) is 0 Å². The highest BCUT2D eigenvalue weighted by molar-refractivity contribution is 6.32. The zero-order chi connectivity index (χ0) is 25.5. The van der Waals surface area contributed by atoms with Crippen LogP contribution < -0.4 is 4.74 Å². The van der Waals surface area contributed by atoms with Crippen LogP contribution in [0.15, 0.2) is 72.8 Å². The van der Waals surface area contributed by atoms with E-state index < -0.39 is 6.08 Å². The molecule has 1 saturated heterocycles. The summed E-state index contributed by atoms with van der Waals surface area (Å²) < 4.78 is 33.0. The van der Waals surface area contributed by atoms with E-state index in [1.54, 1.807) is 19.5 Å². The molecule has 1 aliphatic heterocycles. The Morgan fingerprint density at radius 1 is 1.08 bits per heavy atom. The second-order valence-corrected chi connectivity index (χ2v) is 9.92. The molecule has 37 heavy (non-hydrogen) atoms. The number of ether oxygens (including phenoxy) is 1. The van der Waals surface area contributed by atoms with Crippen molar-refractivity contribution in [2.24, 2.45) is 0 Å². The van der Waals surface area contributed by atoms with Crippen LogP contribution in [-0.2, 0) is 13.0 Å². The van der Waals surface area contributed by atoms with E-state index in [9.17, 15) is 8.78 Å². The van der Waals surface area contributed by atoms with Crippen LogP contribution in [0.3, 0.4) is 0 Å². The van der Waals surface area contributed by atoms with Crippen molar-refractivity contribution < 1.29 is 13.5 Å². The minimum Gasteiger partial charge on any atom is -0.497 e. The van der Waals surface area contributed by atoms with Gasteiger partial charge in [-0.05, 0) is 83.0 Å². The van der Waals surface area contributed by atoms with E-state index in [4.69, 9.17) is 21.3 Å². The maximum atomic E-state index is 12.7. The van der Waals surface area contributed by atoms with Crippen LogP contribution in [0.4, 0.5) is 8.78 Å². The first kappa shape index (κ1) is 23.8. The number of allylic oxidation sites excluding steroid dienone is 1. The van der Waals surface area contributed by atoms with Gasteiger partial charge in [0.2, 0.25) is 0 Å². The molecular formula is C29H25ClF2N4O. The maximum Gasteiger partial charge on any atom is 0.272 e. The van der Waals surface area contributed by atoms with Crippen molar-refractivity contribution >= 4 is 28.4 Å². The van der Waals surface area contributed by atoms with Gasteiger partial charge in [0.25, 0.3) is 6.08 Å². The Morgan fingerprint density at radius 2 is 1.95 bits per heavy atom. The van der Waals surface area contributed by atoms with Gasteiger partial charge in [0.1, 0.15) is 11.4 Å². The number of hydrogen-bond acceptors (Lipinski definition) is 4. The summed E-state index contributed by atoms with van der Waals surface area (Å²) in [5, 5.41) is 0.629. The normalized spacial score (nSPS) is 15.9. The molecule has 0 atom stereocenters. The van der Waals surface area contributed by atoms with Crippen molar-refractivity contribution in [2.45, 2.75) is 25.8 Å². The lowest BCUT2D eigenvalue weighted by Crippen LogP contribution is -2.39. The summed E-state index contributed by atoms with van der Waals surface area (Å²) >= 11 is 6.65. The molecule has 1 aromatic carbocycles. The molecular weight excluding hydrogens is 494 g/mol. The number of imidazole rings is 1. The number of methoxy groups -OCH3 is 1. The number of rotatable bonds is 5. The van der Waals surface area contributed by atoms with Gasteiger partial charge in [-0.1, -0.05) is 17.7 Å². The predicted octanol–water partition coefficient (Wildman–Crippen LogP) is 6.65. The Hall–Kier alpha value is -3.55. The molecule has 6 rings (SSSR count). The quantitative estimate of drug-likeness (QED) is 0.296. The van der Waals surface area contributed by atoms with Crippen molar-refractivity contribution in [3.05, 3.63) is 106 Å². The molecule has 0 spiro atoms. The van der Waals surface area contributed by atoms with Gasteiger partial charge in [-0.25, -0.2) is 4.98 Å². The largest absolute Gasteiger partial charge is 0.497 e. The summed E-state index contributed by atoms with van der Waals surface area (Å²) in [7, 11) is 1.69. The average Bonchev–Trinajstić information content (AvgIpc) is 3.18. The number of aromatic nitrogens is 3. The fraction of sp³-hybridized carbons (Fsp3) is 0.241. The van der Waals surface area contributed by atoms with Gasteiger partial charge >= 0.3 is 0 Å². The third-order valence-corrected chi connectivity index (χ3v) is 7.44. The summed E-state index contributed by atoms with van der Waals surface area (Å²) in [6.45, 7) is 1.13. The molecule has 0 bridgehead atoms. The Kier molecular flexibility index (Phi) is 6.26. The van der Waals surface area contributed by atoms with Crippen LogP contribution in [0.1, 0.15) is 40.8 Å². The number of benzene rings is 1. The van der Waals surface area contributed by atoms with Crippen molar-refractivity contribution in [2.75, 3.05) is 20.2 Å². The lowest BCUT2D eigenvalue weighted by Gasteiger charge is -2.32. The highest BCUT2D eigenvalue weighted by Gasteiger charge is 2.26. The van der Waals surface area contributed by atoms with Crippen molar-refractivity contribution in [1.82, 2.24) is 19.3 Å². The number of fused-ring (bicyclic) bond motifs is 2. The zero-order valence-corrected chi connectivity index (χ0v) is 21.1. The van der Waals surface area contributed by atoms with Crippen LogP contribution in [0.2, 0.25) is 5.02 Å². The molecule has 4 aromatic rings. The predicted molar refractivity (Wildman–Crippen MR) is 141 cm³/mol. The first-order valence-electron chi connectivity index (χ1n) is 12.2. The van der Waals surface area contributed by atoms with E-state index in [1.165, 1.54) is 11.1 Å². The summed E-state index contributed by atoms with van der Waals surface area (Å²) in [5.74, 6) is 0.841. The third-order valence-electron chi connectivity index (χ3n) is 7.13. The molecule has 0 saturated carbocycles. The van der Waals surface area contributed by atoms with E-state index >= 15 is 0 Å². The lowest BCUT2D eigenvalue weighted by atomic mass is 9.88. The maximum absolute atomic E-state index is 12.7. The topological polar surface area (TPSA) is 42.7 Å². The van der Waals surface area contributed by atoms with Gasteiger partial charge < -0.3 is 9.14 Å². The number of nitrogens with zero attached hydrogens (tertiary/aromatic N) is 4.